The van der Waals surface area contributed by atoms with Crippen LogP contribution in [0.2, 0.25) is 0 Å². The molecule has 2 aromatic carbocycles. The summed E-state index contributed by atoms with van der Waals surface area (Å²) in [4.78, 5) is 16.6. The van der Waals surface area contributed by atoms with Crippen LogP contribution in [0, 0.1) is 0 Å². The number of urea groups is 1. The fourth-order valence-electron chi connectivity index (χ4n) is 3.20. The lowest BCUT2D eigenvalue weighted by Crippen LogP contribution is -2.44. The predicted molar refractivity (Wildman–Crippen MR) is 111 cm³/mol. The van der Waals surface area contributed by atoms with E-state index in [1.807, 2.05) is 24.3 Å². The molecule has 1 aliphatic heterocycles. The lowest BCUT2D eigenvalue weighted by molar-refractivity contribution is 0.251. The first kappa shape index (κ1) is 17.7. The summed E-state index contributed by atoms with van der Waals surface area (Å²) in [5, 5.41) is 9.19. The van der Waals surface area contributed by atoms with E-state index in [0.717, 1.165) is 56.1 Å². The van der Waals surface area contributed by atoms with E-state index >= 15 is 0 Å². The van der Waals surface area contributed by atoms with Crippen LogP contribution in [-0.4, -0.2) is 50.2 Å². The summed E-state index contributed by atoms with van der Waals surface area (Å²) >= 11 is 0. The minimum absolute atomic E-state index is 0.127. The zero-order chi connectivity index (χ0) is 18.6. The fraction of sp³-hybridized carbons (Fsp3) is 0.381. The van der Waals surface area contributed by atoms with Crippen LogP contribution in [0.1, 0.15) is 12.8 Å². The maximum absolute atomic E-state index is 11.8. The summed E-state index contributed by atoms with van der Waals surface area (Å²) in [5.74, 6) is 0. The lowest BCUT2D eigenvalue weighted by Gasteiger charge is -2.34. The Hall–Kier alpha value is -2.73. The molecule has 27 heavy (non-hydrogen) atoms. The Balaban J connectivity index is 1.31. The number of rotatable bonds is 5. The molecule has 0 unspecified atom stereocenters. The number of likely N-dealkylation sites (N-methyl/N-ethyl adjacent to an activating group) is 1. The molecule has 2 fully saturated rings. The largest absolute Gasteiger partial charge is 0.369 e. The monoisotopic (exact) mass is 365 g/mol. The molecule has 6 heteroatoms. The molecule has 0 radical (unpaired) electrons. The van der Waals surface area contributed by atoms with Gasteiger partial charge in [-0.1, -0.05) is 0 Å². The third-order valence-corrected chi connectivity index (χ3v) is 5.08. The molecule has 6 nitrogen and oxygen atoms in total. The van der Waals surface area contributed by atoms with Gasteiger partial charge in [-0.05, 0) is 68.4 Å². The van der Waals surface area contributed by atoms with E-state index in [1.165, 1.54) is 5.69 Å². The molecule has 0 bridgehead atoms. The van der Waals surface area contributed by atoms with Gasteiger partial charge in [0, 0.05) is 55.0 Å². The van der Waals surface area contributed by atoms with Crippen LogP contribution in [0.25, 0.3) is 0 Å². The number of nitrogens with one attached hydrogen (secondary N) is 3. The number of carbonyl (C=O) groups is 1. The number of benzene rings is 2. The molecule has 4 rings (SSSR count). The van der Waals surface area contributed by atoms with Gasteiger partial charge in [0.2, 0.25) is 0 Å². The first-order valence-corrected chi connectivity index (χ1v) is 9.64. The molecule has 2 aromatic rings. The Morgan fingerprint density at radius 3 is 2.00 bits per heavy atom. The van der Waals surface area contributed by atoms with Crippen molar-refractivity contribution in [3.63, 3.8) is 0 Å². The first-order chi connectivity index (χ1) is 13.2. The third-order valence-electron chi connectivity index (χ3n) is 5.08. The van der Waals surface area contributed by atoms with E-state index in [9.17, 15) is 4.79 Å². The highest BCUT2D eigenvalue weighted by molar-refractivity contribution is 5.89. The number of carbonyl (C=O) groups excluding carboxylic acids is 1. The highest BCUT2D eigenvalue weighted by Gasteiger charge is 2.23. The van der Waals surface area contributed by atoms with E-state index in [2.05, 4.69) is 57.1 Å². The molecule has 2 aliphatic rings. The van der Waals surface area contributed by atoms with Gasteiger partial charge in [-0.3, -0.25) is 0 Å². The second-order valence-electron chi connectivity index (χ2n) is 7.41. The predicted octanol–water partition coefficient (Wildman–Crippen LogP) is 3.47. The summed E-state index contributed by atoms with van der Waals surface area (Å²) in [5.41, 5.74) is 4.12. The molecule has 142 valence electrons. The van der Waals surface area contributed by atoms with E-state index in [1.54, 1.807) is 0 Å². The smallest absolute Gasteiger partial charge is 0.319 e. The van der Waals surface area contributed by atoms with Crippen LogP contribution in [0.15, 0.2) is 48.5 Å². The second kappa shape index (κ2) is 7.88. The molecule has 0 aromatic heterocycles. The van der Waals surface area contributed by atoms with Crippen molar-refractivity contribution < 1.29 is 4.79 Å². The van der Waals surface area contributed by atoms with E-state index in [4.69, 9.17) is 0 Å². The van der Waals surface area contributed by atoms with E-state index in [-0.39, 0.29) is 6.03 Å². The Bertz CT molecular complexity index is 762. The van der Waals surface area contributed by atoms with Crippen molar-refractivity contribution in [3.8, 4) is 0 Å². The van der Waals surface area contributed by atoms with Crippen LogP contribution < -0.4 is 20.9 Å². The number of amides is 2. The van der Waals surface area contributed by atoms with Gasteiger partial charge in [0.05, 0.1) is 0 Å². The van der Waals surface area contributed by atoms with Gasteiger partial charge in [-0.15, -0.1) is 0 Å². The summed E-state index contributed by atoms with van der Waals surface area (Å²) in [7, 11) is 2.17. The van der Waals surface area contributed by atoms with Gasteiger partial charge >= 0.3 is 6.03 Å². The molecule has 1 heterocycles. The van der Waals surface area contributed by atoms with Crippen molar-refractivity contribution in [3.05, 3.63) is 48.5 Å². The maximum Gasteiger partial charge on any atom is 0.319 e. The minimum Gasteiger partial charge on any atom is -0.369 e. The van der Waals surface area contributed by atoms with Crippen molar-refractivity contribution in [1.82, 2.24) is 10.2 Å². The molecule has 2 amide bonds. The standard InChI is InChI=1S/C21H27N5O/c1-25-12-14-26(15-13-25)20-10-8-17(9-11-20)22-16-2-4-18(5-3-16)23-21(27)24-19-6-7-19/h2-5,8-11,19,22H,6-7,12-15H2,1H3,(H2,23,24,27). The molecule has 1 saturated heterocycles. The zero-order valence-corrected chi connectivity index (χ0v) is 15.7. The fourth-order valence-corrected chi connectivity index (χ4v) is 3.20. The van der Waals surface area contributed by atoms with E-state index < -0.39 is 0 Å². The summed E-state index contributed by atoms with van der Waals surface area (Å²) in [6, 6.07) is 16.6. The average Bonchev–Trinajstić information content (AvgIpc) is 3.49. The van der Waals surface area contributed by atoms with Gasteiger partial charge in [0.25, 0.3) is 0 Å². The van der Waals surface area contributed by atoms with Crippen molar-refractivity contribution >= 4 is 28.8 Å². The molecular weight excluding hydrogens is 338 g/mol. The van der Waals surface area contributed by atoms with Crippen LogP contribution in [0.3, 0.4) is 0 Å². The van der Waals surface area contributed by atoms with Crippen LogP contribution >= 0.6 is 0 Å². The Morgan fingerprint density at radius 2 is 1.41 bits per heavy atom. The topological polar surface area (TPSA) is 59.6 Å². The molecule has 0 spiro atoms. The van der Waals surface area contributed by atoms with Gasteiger partial charge in [-0.25, -0.2) is 4.79 Å². The SMILES string of the molecule is CN1CCN(c2ccc(Nc3ccc(NC(=O)NC4CC4)cc3)cc2)CC1. The minimum atomic E-state index is -0.127. The second-order valence-corrected chi connectivity index (χ2v) is 7.41. The van der Waals surface area contributed by atoms with Crippen LogP contribution in [-0.2, 0) is 0 Å². The Labute approximate surface area is 160 Å². The van der Waals surface area contributed by atoms with Gasteiger partial charge < -0.3 is 25.8 Å². The quantitative estimate of drug-likeness (QED) is 0.759. The van der Waals surface area contributed by atoms with Crippen molar-refractivity contribution in [1.29, 1.82) is 0 Å². The van der Waals surface area contributed by atoms with Gasteiger partial charge in [0.15, 0.2) is 0 Å². The number of piperazine rings is 1. The number of hydrogen-bond donors (Lipinski definition) is 3. The molecule has 0 atom stereocenters. The maximum atomic E-state index is 11.8. The number of anilines is 4. The molecule has 1 aliphatic carbocycles. The summed E-state index contributed by atoms with van der Waals surface area (Å²) in [6.45, 7) is 4.37. The van der Waals surface area contributed by atoms with Gasteiger partial charge in [-0.2, -0.15) is 0 Å². The number of hydrogen-bond acceptors (Lipinski definition) is 4. The summed E-state index contributed by atoms with van der Waals surface area (Å²) < 4.78 is 0. The highest BCUT2D eigenvalue weighted by atomic mass is 16.2. The normalized spacial score (nSPS) is 17.4. The average molecular weight is 365 g/mol. The summed E-state index contributed by atoms with van der Waals surface area (Å²) in [6.07, 6.45) is 2.17. The van der Waals surface area contributed by atoms with E-state index in [0.29, 0.717) is 6.04 Å². The third kappa shape index (κ3) is 4.92. The Morgan fingerprint density at radius 1 is 0.852 bits per heavy atom. The zero-order valence-electron chi connectivity index (χ0n) is 15.7. The van der Waals surface area contributed by atoms with Crippen LogP contribution in [0.4, 0.5) is 27.5 Å². The highest BCUT2D eigenvalue weighted by Crippen LogP contribution is 2.23. The molecule has 1 saturated carbocycles. The lowest BCUT2D eigenvalue weighted by atomic mass is 10.2. The first-order valence-electron chi connectivity index (χ1n) is 9.64. The van der Waals surface area contributed by atoms with Gasteiger partial charge in [0.1, 0.15) is 0 Å². The number of nitrogens with zero attached hydrogens (tertiary/aromatic N) is 2. The molecule has 3 N–H and O–H groups in total. The van der Waals surface area contributed by atoms with Crippen molar-refractivity contribution in [2.45, 2.75) is 18.9 Å². The molecular formula is C21H27N5O. The van der Waals surface area contributed by atoms with Crippen LogP contribution in [0.5, 0.6) is 0 Å². The Kier molecular flexibility index (Phi) is 5.16. The van der Waals surface area contributed by atoms with Crippen molar-refractivity contribution in [2.75, 3.05) is 48.8 Å². The van der Waals surface area contributed by atoms with Crippen molar-refractivity contribution in [2.24, 2.45) is 0 Å².